The number of aryl methyl sites for hydroxylation is 1. The Bertz CT molecular complexity index is 1740. The molecule has 0 bridgehead atoms. The van der Waals surface area contributed by atoms with E-state index in [0.29, 0.717) is 5.92 Å². The van der Waals surface area contributed by atoms with E-state index in [4.69, 9.17) is 13.8 Å². The van der Waals surface area contributed by atoms with Crippen LogP contribution >= 0.6 is 0 Å². The summed E-state index contributed by atoms with van der Waals surface area (Å²) >= 11 is 0. The lowest BCUT2D eigenvalue weighted by Gasteiger charge is -2.22. The second-order valence-corrected chi connectivity index (χ2v) is 11.2. The van der Waals surface area contributed by atoms with Crippen LogP contribution in [-0.2, 0) is 11.8 Å². The van der Waals surface area contributed by atoms with Gasteiger partial charge >= 0.3 is 0 Å². The molecular formula is C32H31NO2. The van der Waals surface area contributed by atoms with Gasteiger partial charge in [0.2, 0.25) is 0 Å². The van der Waals surface area contributed by atoms with Crippen LogP contribution in [0.4, 0.5) is 0 Å². The minimum absolute atomic E-state index is 0.00703. The second-order valence-electron chi connectivity index (χ2n) is 11.2. The van der Waals surface area contributed by atoms with E-state index < -0.39 is 0 Å². The molecule has 0 amide bonds. The van der Waals surface area contributed by atoms with Crippen molar-refractivity contribution < 1.29 is 8.83 Å². The average Bonchev–Trinajstić information content (AvgIpc) is 3.32. The molecule has 6 aromatic rings. The summed E-state index contributed by atoms with van der Waals surface area (Å²) in [5.41, 5.74) is 7.05. The van der Waals surface area contributed by atoms with E-state index in [0.717, 1.165) is 56.3 Å². The lowest BCUT2D eigenvalue weighted by Crippen LogP contribution is -2.12. The minimum Gasteiger partial charge on any atom is -0.461 e. The van der Waals surface area contributed by atoms with Gasteiger partial charge in [-0.2, -0.15) is 0 Å². The minimum atomic E-state index is 0.00703. The summed E-state index contributed by atoms with van der Waals surface area (Å²) in [7, 11) is 0. The highest BCUT2D eigenvalue weighted by atomic mass is 16.3. The first-order valence-corrected chi connectivity index (χ1v) is 12.5. The largest absolute Gasteiger partial charge is 0.461 e. The van der Waals surface area contributed by atoms with Crippen LogP contribution in [0.2, 0.25) is 0 Å². The van der Waals surface area contributed by atoms with Crippen molar-refractivity contribution in [2.75, 3.05) is 0 Å². The quantitative estimate of drug-likeness (QED) is 0.263. The van der Waals surface area contributed by atoms with Crippen molar-refractivity contribution in [2.45, 2.75) is 53.4 Å². The third kappa shape index (κ3) is 3.53. The third-order valence-electron chi connectivity index (χ3n) is 7.08. The molecule has 0 saturated carbocycles. The van der Waals surface area contributed by atoms with E-state index in [1.54, 1.807) is 0 Å². The number of nitrogens with zero attached hydrogens (tertiary/aromatic N) is 1. The first-order valence-electron chi connectivity index (χ1n) is 12.5. The number of aromatic nitrogens is 1. The zero-order valence-electron chi connectivity index (χ0n) is 21.3. The molecule has 0 radical (unpaired) electrons. The van der Waals surface area contributed by atoms with Gasteiger partial charge in [-0.25, -0.2) is 0 Å². The highest BCUT2D eigenvalue weighted by molar-refractivity contribution is 6.12. The SMILES string of the molecule is Cc1c(CC(C)C)oc2cc3oc4c(-c5cc(C(C)(C)C)c6ccccc6c5)nccc4c3cc12. The van der Waals surface area contributed by atoms with Crippen molar-refractivity contribution in [1.29, 1.82) is 0 Å². The highest BCUT2D eigenvalue weighted by Gasteiger charge is 2.21. The van der Waals surface area contributed by atoms with Crippen LogP contribution in [-0.4, -0.2) is 4.98 Å². The van der Waals surface area contributed by atoms with Crippen LogP contribution in [0, 0.1) is 12.8 Å². The monoisotopic (exact) mass is 461 g/mol. The van der Waals surface area contributed by atoms with Crippen molar-refractivity contribution >= 4 is 43.7 Å². The Labute approximate surface area is 205 Å². The summed E-state index contributed by atoms with van der Waals surface area (Å²) < 4.78 is 12.7. The summed E-state index contributed by atoms with van der Waals surface area (Å²) in [4.78, 5) is 4.81. The molecule has 35 heavy (non-hydrogen) atoms. The first kappa shape index (κ1) is 21.9. The normalized spacial score (nSPS) is 12.7. The van der Waals surface area contributed by atoms with Gasteiger partial charge in [0.05, 0.1) is 0 Å². The molecule has 0 N–H and O–H groups in total. The van der Waals surface area contributed by atoms with Gasteiger partial charge in [-0.3, -0.25) is 4.98 Å². The maximum atomic E-state index is 6.49. The predicted octanol–water partition coefficient (Wildman–Crippen LogP) is 9.35. The molecule has 3 aromatic heterocycles. The van der Waals surface area contributed by atoms with Crippen LogP contribution in [0.5, 0.6) is 0 Å². The van der Waals surface area contributed by atoms with Crippen molar-refractivity contribution in [3.05, 3.63) is 77.7 Å². The van der Waals surface area contributed by atoms with Gasteiger partial charge in [0.1, 0.15) is 22.6 Å². The molecule has 6 rings (SSSR count). The fourth-order valence-corrected chi connectivity index (χ4v) is 5.31. The Morgan fingerprint density at radius 3 is 2.37 bits per heavy atom. The summed E-state index contributed by atoms with van der Waals surface area (Å²) in [6, 6.07) is 19.4. The number of pyridine rings is 1. The van der Waals surface area contributed by atoms with E-state index in [1.807, 2.05) is 12.3 Å². The molecule has 0 unspecified atom stereocenters. The van der Waals surface area contributed by atoms with Crippen LogP contribution in [0.15, 0.2) is 69.6 Å². The van der Waals surface area contributed by atoms with Gasteiger partial charge in [0.15, 0.2) is 5.58 Å². The van der Waals surface area contributed by atoms with Gasteiger partial charge in [-0.15, -0.1) is 0 Å². The van der Waals surface area contributed by atoms with Crippen molar-refractivity contribution in [3.8, 4) is 11.3 Å². The highest BCUT2D eigenvalue weighted by Crippen LogP contribution is 2.40. The van der Waals surface area contributed by atoms with Crippen LogP contribution in [0.1, 0.15) is 51.5 Å². The Hall–Kier alpha value is -3.59. The Balaban J connectivity index is 1.60. The molecule has 0 aliphatic heterocycles. The molecule has 176 valence electrons. The maximum absolute atomic E-state index is 6.49. The summed E-state index contributed by atoms with van der Waals surface area (Å²) in [6.45, 7) is 13.4. The van der Waals surface area contributed by atoms with Gasteiger partial charge < -0.3 is 8.83 Å². The van der Waals surface area contributed by atoms with Crippen molar-refractivity contribution in [3.63, 3.8) is 0 Å². The fraction of sp³-hybridized carbons (Fsp3) is 0.281. The van der Waals surface area contributed by atoms with E-state index in [9.17, 15) is 0 Å². The standard InChI is InChI=1S/C32H31NO2/c1-18(2)13-27-19(3)24-16-25-23-11-12-33-30(31(23)35-29(25)17-28(24)34-27)21-14-20-9-7-8-10-22(20)26(15-21)32(4,5)6/h7-12,14-18H,13H2,1-6H3. The predicted molar refractivity (Wildman–Crippen MR) is 146 cm³/mol. The second kappa shape index (κ2) is 7.71. The Morgan fingerprint density at radius 2 is 1.60 bits per heavy atom. The number of hydrogen-bond donors (Lipinski definition) is 0. The number of fused-ring (bicyclic) bond motifs is 5. The van der Waals surface area contributed by atoms with Crippen LogP contribution < -0.4 is 0 Å². The Morgan fingerprint density at radius 1 is 0.829 bits per heavy atom. The molecule has 0 saturated heterocycles. The molecule has 0 fully saturated rings. The van der Waals surface area contributed by atoms with Crippen LogP contribution in [0.25, 0.3) is 54.9 Å². The molecule has 0 aliphatic carbocycles. The average molecular weight is 462 g/mol. The smallest absolute Gasteiger partial charge is 0.161 e. The molecule has 0 aliphatic rings. The number of furan rings is 2. The molecule has 3 heteroatoms. The van der Waals surface area contributed by atoms with Gasteiger partial charge in [0, 0.05) is 40.4 Å². The van der Waals surface area contributed by atoms with Gasteiger partial charge in [-0.05, 0) is 64.4 Å². The molecule has 3 heterocycles. The van der Waals surface area contributed by atoms with E-state index in [1.165, 1.54) is 21.9 Å². The molecule has 3 nitrogen and oxygen atoms in total. The molecular weight excluding hydrogens is 430 g/mol. The van der Waals surface area contributed by atoms with E-state index in [2.05, 4.69) is 90.1 Å². The summed E-state index contributed by atoms with van der Waals surface area (Å²) in [5.74, 6) is 1.62. The maximum Gasteiger partial charge on any atom is 0.161 e. The first-order chi connectivity index (χ1) is 16.7. The molecule has 0 atom stereocenters. The molecule has 0 spiro atoms. The van der Waals surface area contributed by atoms with Crippen LogP contribution in [0.3, 0.4) is 0 Å². The number of hydrogen-bond acceptors (Lipinski definition) is 3. The third-order valence-corrected chi connectivity index (χ3v) is 7.08. The fourth-order valence-electron chi connectivity index (χ4n) is 5.31. The number of benzene rings is 3. The lowest BCUT2D eigenvalue weighted by atomic mass is 9.82. The van der Waals surface area contributed by atoms with E-state index >= 15 is 0 Å². The number of rotatable bonds is 3. The van der Waals surface area contributed by atoms with Gasteiger partial charge in [-0.1, -0.05) is 58.9 Å². The van der Waals surface area contributed by atoms with Crippen molar-refractivity contribution in [2.24, 2.45) is 5.92 Å². The van der Waals surface area contributed by atoms with Gasteiger partial charge in [0.25, 0.3) is 0 Å². The zero-order chi connectivity index (χ0) is 24.5. The zero-order valence-corrected chi connectivity index (χ0v) is 21.3. The topological polar surface area (TPSA) is 39.2 Å². The Kier molecular flexibility index (Phi) is 4.83. The lowest BCUT2D eigenvalue weighted by molar-refractivity contribution is 0.496. The van der Waals surface area contributed by atoms with Crippen molar-refractivity contribution in [1.82, 2.24) is 4.98 Å². The van der Waals surface area contributed by atoms with E-state index in [-0.39, 0.29) is 5.41 Å². The summed E-state index contributed by atoms with van der Waals surface area (Å²) in [5, 5.41) is 5.86. The summed E-state index contributed by atoms with van der Waals surface area (Å²) in [6.07, 6.45) is 2.84. The molecule has 3 aromatic carbocycles.